The summed E-state index contributed by atoms with van der Waals surface area (Å²) in [5.41, 5.74) is 9.34. The predicted octanol–water partition coefficient (Wildman–Crippen LogP) is 1.03. The molecule has 1 aromatic carbocycles. The highest BCUT2D eigenvalue weighted by Gasteiger charge is 2.07. The van der Waals surface area contributed by atoms with Crippen LogP contribution in [0.5, 0.6) is 0 Å². The molecule has 15 heavy (non-hydrogen) atoms. The van der Waals surface area contributed by atoms with E-state index in [9.17, 15) is 0 Å². The van der Waals surface area contributed by atoms with Crippen molar-refractivity contribution in [2.24, 2.45) is 5.73 Å². The fourth-order valence-electron chi connectivity index (χ4n) is 1.79. The van der Waals surface area contributed by atoms with Gasteiger partial charge in [0, 0.05) is 25.1 Å². The van der Waals surface area contributed by atoms with E-state index in [-0.39, 0.29) is 0 Å². The first-order valence-electron chi connectivity index (χ1n) is 5.41. The number of nitrogens with two attached hydrogens (primary N) is 1. The van der Waals surface area contributed by atoms with E-state index in [4.69, 9.17) is 5.73 Å². The van der Waals surface area contributed by atoms with Crippen LogP contribution in [-0.4, -0.2) is 13.1 Å². The molecule has 3 N–H and O–H groups in total. The smallest absolute Gasteiger partial charge is 0.0248 e. The van der Waals surface area contributed by atoms with Gasteiger partial charge in [0.1, 0.15) is 0 Å². The molecule has 0 saturated carbocycles. The van der Waals surface area contributed by atoms with Crippen molar-refractivity contribution in [3.8, 4) is 11.8 Å². The summed E-state index contributed by atoms with van der Waals surface area (Å²) in [6.45, 7) is 2.70. The van der Waals surface area contributed by atoms with Gasteiger partial charge in [-0.05, 0) is 36.2 Å². The number of benzene rings is 1. The maximum Gasteiger partial charge on any atom is 0.0248 e. The van der Waals surface area contributed by atoms with Crippen molar-refractivity contribution >= 4 is 0 Å². The molecule has 2 rings (SSSR count). The zero-order valence-electron chi connectivity index (χ0n) is 8.84. The standard InChI is InChI=1S/C13H16N2/c14-7-2-1-3-11-4-5-12-6-8-15-10-13(12)9-11/h4-5,9,15H,2,6-8,10,14H2. The third-order valence-electron chi connectivity index (χ3n) is 2.59. The lowest BCUT2D eigenvalue weighted by molar-refractivity contribution is 0.643. The average Bonchev–Trinajstić information content (AvgIpc) is 2.29. The van der Waals surface area contributed by atoms with E-state index in [2.05, 4.69) is 35.4 Å². The number of fused-ring (bicyclic) bond motifs is 1. The Kier molecular flexibility index (Phi) is 3.39. The third-order valence-corrected chi connectivity index (χ3v) is 2.59. The Balaban J connectivity index is 2.18. The molecule has 0 unspecified atom stereocenters. The highest BCUT2D eigenvalue weighted by molar-refractivity contribution is 5.41. The summed E-state index contributed by atoms with van der Waals surface area (Å²) >= 11 is 0. The van der Waals surface area contributed by atoms with E-state index in [0.717, 1.165) is 31.5 Å². The summed E-state index contributed by atoms with van der Waals surface area (Å²) in [5.74, 6) is 6.20. The quantitative estimate of drug-likeness (QED) is 0.665. The first-order valence-corrected chi connectivity index (χ1v) is 5.41. The zero-order valence-corrected chi connectivity index (χ0v) is 8.84. The van der Waals surface area contributed by atoms with Crippen molar-refractivity contribution in [1.29, 1.82) is 0 Å². The molecule has 1 aliphatic rings. The van der Waals surface area contributed by atoms with Gasteiger partial charge < -0.3 is 11.1 Å². The summed E-state index contributed by atoms with van der Waals surface area (Å²) in [5, 5.41) is 3.37. The molecule has 2 heteroatoms. The molecule has 0 atom stereocenters. The second-order valence-electron chi connectivity index (χ2n) is 3.75. The van der Waals surface area contributed by atoms with Crippen LogP contribution in [0.15, 0.2) is 18.2 Å². The van der Waals surface area contributed by atoms with Gasteiger partial charge in [0.2, 0.25) is 0 Å². The normalized spacial score (nSPS) is 13.9. The van der Waals surface area contributed by atoms with Crippen LogP contribution in [0.2, 0.25) is 0 Å². The van der Waals surface area contributed by atoms with Crippen LogP contribution in [0, 0.1) is 11.8 Å². The van der Waals surface area contributed by atoms with E-state index in [1.165, 1.54) is 11.1 Å². The number of rotatable bonds is 1. The van der Waals surface area contributed by atoms with Gasteiger partial charge >= 0.3 is 0 Å². The Bertz CT molecular complexity index is 399. The van der Waals surface area contributed by atoms with Gasteiger partial charge in [-0.1, -0.05) is 17.9 Å². The lowest BCUT2D eigenvalue weighted by atomic mass is 9.99. The Morgan fingerprint density at radius 2 is 2.27 bits per heavy atom. The molecule has 0 aliphatic carbocycles. The Labute approximate surface area is 90.9 Å². The molecule has 2 nitrogen and oxygen atoms in total. The lowest BCUT2D eigenvalue weighted by Gasteiger charge is -2.16. The molecule has 0 bridgehead atoms. The molecule has 1 aromatic rings. The summed E-state index contributed by atoms with van der Waals surface area (Å²) in [6.07, 6.45) is 1.90. The van der Waals surface area contributed by atoms with Crippen molar-refractivity contribution in [3.63, 3.8) is 0 Å². The molecular formula is C13H16N2. The van der Waals surface area contributed by atoms with E-state index in [0.29, 0.717) is 6.54 Å². The molecule has 0 saturated heterocycles. The molecule has 0 aromatic heterocycles. The Morgan fingerprint density at radius 1 is 1.33 bits per heavy atom. The Hall–Kier alpha value is -1.30. The van der Waals surface area contributed by atoms with Gasteiger partial charge in [0.25, 0.3) is 0 Å². The van der Waals surface area contributed by atoms with Crippen molar-refractivity contribution in [2.75, 3.05) is 13.1 Å². The zero-order chi connectivity index (χ0) is 10.5. The summed E-state index contributed by atoms with van der Waals surface area (Å²) in [4.78, 5) is 0. The molecule has 78 valence electrons. The number of nitrogens with one attached hydrogen (secondary N) is 1. The largest absolute Gasteiger partial charge is 0.330 e. The molecular weight excluding hydrogens is 184 g/mol. The van der Waals surface area contributed by atoms with E-state index in [1.54, 1.807) is 0 Å². The molecule has 0 spiro atoms. The first kappa shape index (κ1) is 10.2. The topological polar surface area (TPSA) is 38.0 Å². The SMILES string of the molecule is NCCC#Cc1ccc2c(c1)CNCC2. The first-order chi connectivity index (χ1) is 7.40. The van der Waals surface area contributed by atoms with Gasteiger partial charge in [-0.15, -0.1) is 0 Å². The second kappa shape index (κ2) is 4.97. The highest BCUT2D eigenvalue weighted by atomic mass is 14.9. The van der Waals surface area contributed by atoms with Crippen molar-refractivity contribution in [3.05, 3.63) is 34.9 Å². The van der Waals surface area contributed by atoms with Crippen molar-refractivity contribution < 1.29 is 0 Å². The van der Waals surface area contributed by atoms with Crippen LogP contribution < -0.4 is 11.1 Å². The lowest BCUT2D eigenvalue weighted by Crippen LogP contribution is -2.23. The third kappa shape index (κ3) is 2.59. The van der Waals surface area contributed by atoms with Crippen LogP contribution in [0.3, 0.4) is 0 Å². The van der Waals surface area contributed by atoms with Crippen LogP contribution in [0.4, 0.5) is 0 Å². The van der Waals surface area contributed by atoms with Crippen molar-refractivity contribution in [1.82, 2.24) is 5.32 Å². The second-order valence-corrected chi connectivity index (χ2v) is 3.75. The van der Waals surface area contributed by atoms with Crippen LogP contribution >= 0.6 is 0 Å². The molecule has 1 aliphatic heterocycles. The van der Waals surface area contributed by atoms with Crippen LogP contribution in [0.1, 0.15) is 23.1 Å². The minimum Gasteiger partial charge on any atom is -0.330 e. The minimum atomic E-state index is 0.638. The number of hydrogen-bond acceptors (Lipinski definition) is 2. The maximum atomic E-state index is 5.39. The summed E-state index contributed by atoms with van der Waals surface area (Å²) < 4.78 is 0. The van der Waals surface area contributed by atoms with E-state index < -0.39 is 0 Å². The monoisotopic (exact) mass is 200 g/mol. The van der Waals surface area contributed by atoms with E-state index in [1.807, 2.05) is 0 Å². The van der Waals surface area contributed by atoms with Crippen molar-refractivity contribution in [2.45, 2.75) is 19.4 Å². The maximum absolute atomic E-state index is 5.39. The predicted molar refractivity (Wildman–Crippen MR) is 62.4 cm³/mol. The van der Waals surface area contributed by atoms with Gasteiger partial charge in [-0.3, -0.25) is 0 Å². The highest BCUT2D eigenvalue weighted by Crippen LogP contribution is 2.15. The van der Waals surface area contributed by atoms with Gasteiger partial charge in [-0.2, -0.15) is 0 Å². The Morgan fingerprint density at radius 3 is 3.13 bits per heavy atom. The van der Waals surface area contributed by atoms with Gasteiger partial charge in [0.15, 0.2) is 0 Å². The van der Waals surface area contributed by atoms with Gasteiger partial charge in [-0.25, -0.2) is 0 Å². The molecule has 0 amide bonds. The molecule has 1 heterocycles. The van der Waals surface area contributed by atoms with Crippen LogP contribution in [0.25, 0.3) is 0 Å². The molecule has 0 radical (unpaired) electrons. The van der Waals surface area contributed by atoms with E-state index >= 15 is 0 Å². The minimum absolute atomic E-state index is 0.638. The summed E-state index contributed by atoms with van der Waals surface area (Å²) in [6, 6.07) is 6.49. The molecule has 0 fully saturated rings. The van der Waals surface area contributed by atoms with Gasteiger partial charge in [0.05, 0.1) is 0 Å². The summed E-state index contributed by atoms with van der Waals surface area (Å²) in [7, 11) is 0. The fourth-order valence-corrected chi connectivity index (χ4v) is 1.79. The fraction of sp³-hybridized carbons (Fsp3) is 0.385. The number of hydrogen-bond donors (Lipinski definition) is 2. The van der Waals surface area contributed by atoms with Crippen LogP contribution in [-0.2, 0) is 13.0 Å². The average molecular weight is 200 g/mol.